The summed E-state index contributed by atoms with van der Waals surface area (Å²) in [4.78, 5) is 11.5. The van der Waals surface area contributed by atoms with E-state index >= 15 is 0 Å². The van der Waals surface area contributed by atoms with Crippen molar-refractivity contribution < 1.29 is 4.79 Å². The molecule has 16 heavy (non-hydrogen) atoms. The molecule has 1 amide bonds. The van der Waals surface area contributed by atoms with Crippen molar-refractivity contribution >= 4 is 35.2 Å². The van der Waals surface area contributed by atoms with E-state index in [1.165, 1.54) is 0 Å². The van der Waals surface area contributed by atoms with Gasteiger partial charge in [-0.25, -0.2) is 0 Å². The summed E-state index contributed by atoms with van der Waals surface area (Å²) in [5.74, 6) is 0.0114. The van der Waals surface area contributed by atoms with Gasteiger partial charge in [-0.15, -0.1) is 0 Å². The van der Waals surface area contributed by atoms with Crippen LogP contribution in [0.1, 0.15) is 18.4 Å². The molecule has 0 aliphatic carbocycles. The molecule has 2 nitrogen and oxygen atoms in total. The molecule has 1 fully saturated rings. The lowest BCUT2D eigenvalue weighted by atomic mass is 10.0. The molecule has 1 N–H and O–H groups in total. The molecule has 0 saturated carbocycles. The fraction of sp³-hybridized carbons (Fsp3) is 0.250. The highest BCUT2D eigenvalue weighted by atomic mass is 35.5. The molecule has 0 aromatic heterocycles. The summed E-state index contributed by atoms with van der Waals surface area (Å²) >= 11 is 11.7. The molecular weight excluding hydrogens is 245 g/mol. The standard InChI is InChI=1S/C12H11Cl2NO/c13-10-4-3-8(7-11(10)14)6-9-2-1-5-15-12(9)16/h3-4,6-7H,1-2,5H2,(H,15,16)/b9-6+. The molecule has 0 radical (unpaired) electrons. The summed E-state index contributed by atoms with van der Waals surface area (Å²) in [6.45, 7) is 0.761. The zero-order valence-electron chi connectivity index (χ0n) is 8.59. The topological polar surface area (TPSA) is 29.1 Å². The minimum atomic E-state index is 0.0114. The average molecular weight is 256 g/mol. The summed E-state index contributed by atoms with van der Waals surface area (Å²) in [6.07, 6.45) is 3.65. The number of rotatable bonds is 1. The van der Waals surface area contributed by atoms with Crippen LogP contribution >= 0.6 is 23.2 Å². The second-order valence-corrected chi connectivity index (χ2v) is 4.52. The molecule has 2 rings (SSSR count). The van der Waals surface area contributed by atoms with Crippen molar-refractivity contribution in [3.05, 3.63) is 39.4 Å². The van der Waals surface area contributed by atoms with E-state index in [0.29, 0.717) is 10.0 Å². The first-order valence-electron chi connectivity index (χ1n) is 5.10. The number of carbonyl (C=O) groups excluding carboxylic acids is 1. The lowest BCUT2D eigenvalue weighted by Gasteiger charge is -2.14. The highest BCUT2D eigenvalue weighted by Crippen LogP contribution is 2.24. The molecule has 0 spiro atoms. The van der Waals surface area contributed by atoms with Gasteiger partial charge in [0.2, 0.25) is 5.91 Å². The van der Waals surface area contributed by atoms with Gasteiger partial charge in [0.15, 0.2) is 0 Å². The Bertz CT molecular complexity index is 454. The molecule has 84 valence electrons. The summed E-state index contributed by atoms with van der Waals surface area (Å²) < 4.78 is 0. The first-order valence-corrected chi connectivity index (χ1v) is 5.86. The Morgan fingerprint density at radius 3 is 2.75 bits per heavy atom. The van der Waals surface area contributed by atoms with E-state index in [2.05, 4.69) is 5.32 Å². The number of benzene rings is 1. The minimum Gasteiger partial charge on any atom is -0.352 e. The van der Waals surface area contributed by atoms with E-state index in [1.807, 2.05) is 12.1 Å². The maximum absolute atomic E-state index is 11.5. The van der Waals surface area contributed by atoms with Crippen LogP contribution in [0.25, 0.3) is 6.08 Å². The second kappa shape index (κ2) is 4.89. The van der Waals surface area contributed by atoms with Crippen LogP contribution in [-0.2, 0) is 4.79 Å². The molecule has 4 heteroatoms. The van der Waals surface area contributed by atoms with Crippen molar-refractivity contribution in [2.75, 3.05) is 6.54 Å². The van der Waals surface area contributed by atoms with Gasteiger partial charge < -0.3 is 5.32 Å². The molecule has 0 unspecified atom stereocenters. The maximum Gasteiger partial charge on any atom is 0.247 e. The molecule has 1 aromatic rings. The summed E-state index contributed by atoms with van der Waals surface area (Å²) in [7, 11) is 0. The second-order valence-electron chi connectivity index (χ2n) is 3.70. The first kappa shape index (κ1) is 11.5. The number of halogens is 2. The van der Waals surface area contributed by atoms with Gasteiger partial charge in [-0.2, -0.15) is 0 Å². The number of piperidine rings is 1. The lowest BCUT2D eigenvalue weighted by Crippen LogP contribution is -2.30. The van der Waals surface area contributed by atoms with E-state index in [-0.39, 0.29) is 5.91 Å². The van der Waals surface area contributed by atoms with Crippen LogP contribution in [0, 0.1) is 0 Å². The lowest BCUT2D eigenvalue weighted by molar-refractivity contribution is -0.118. The highest BCUT2D eigenvalue weighted by molar-refractivity contribution is 6.42. The number of hydrogen-bond donors (Lipinski definition) is 1. The minimum absolute atomic E-state index is 0.0114. The zero-order chi connectivity index (χ0) is 11.5. The molecule has 1 heterocycles. The number of carbonyl (C=O) groups is 1. The predicted molar refractivity (Wildman–Crippen MR) is 66.7 cm³/mol. The SMILES string of the molecule is O=C1NCCC/C1=C\c1ccc(Cl)c(Cl)c1. The van der Waals surface area contributed by atoms with Gasteiger partial charge in [0.05, 0.1) is 10.0 Å². The van der Waals surface area contributed by atoms with Gasteiger partial charge in [0, 0.05) is 12.1 Å². The van der Waals surface area contributed by atoms with E-state index < -0.39 is 0 Å². The Labute approximate surface area is 104 Å². The number of hydrogen-bond acceptors (Lipinski definition) is 1. The first-order chi connectivity index (χ1) is 7.66. The van der Waals surface area contributed by atoms with Gasteiger partial charge in [-0.1, -0.05) is 29.3 Å². The van der Waals surface area contributed by atoms with E-state index in [1.54, 1.807) is 12.1 Å². The Morgan fingerprint density at radius 2 is 2.06 bits per heavy atom. The summed E-state index contributed by atoms with van der Waals surface area (Å²) in [5.41, 5.74) is 1.70. The third kappa shape index (κ3) is 2.57. The Balaban J connectivity index is 2.27. The van der Waals surface area contributed by atoms with E-state index in [9.17, 15) is 4.79 Å². The Morgan fingerprint density at radius 1 is 1.25 bits per heavy atom. The molecule has 1 aromatic carbocycles. The van der Waals surface area contributed by atoms with Gasteiger partial charge in [-0.3, -0.25) is 4.79 Å². The van der Waals surface area contributed by atoms with Gasteiger partial charge >= 0.3 is 0 Å². The van der Waals surface area contributed by atoms with Crippen LogP contribution < -0.4 is 5.32 Å². The maximum atomic E-state index is 11.5. The average Bonchev–Trinajstić information content (AvgIpc) is 2.27. The molecule has 0 bridgehead atoms. The van der Waals surface area contributed by atoms with Gasteiger partial charge in [0.1, 0.15) is 0 Å². The number of nitrogens with one attached hydrogen (secondary N) is 1. The highest BCUT2D eigenvalue weighted by Gasteiger charge is 2.13. The number of amides is 1. The summed E-state index contributed by atoms with van der Waals surface area (Å²) in [5, 5.41) is 3.84. The quantitative estimate of drug-likeness (QED) is 0.767. The molecule has 1 aliphatic heterocycles. The molecule has 1 aliphatic rings. The predicted octanol–water partition coefficient (Wildman–Crippen LogP) is 3.29. The van der Waals surface area contributed by atoms with Gasteiger partial charge in [-0.05, 0) is 36.6 Å². The van der Waals surface area contributed by atoms with Crippen molar-refractivity contribution in [3.63, 3.8) is 0 Å². The Hall–Kier alpha value is -0.990. The van der Waals surface area contributed by atoms with Crippen LogP contribution in [0.5, 0.6) is 0 Å². The largest absolute Gasteiger partial charge is 0.352 e. The van der Waals surface area contributed by atoms with E-state index in [4.69, 9.17) is 23.2 Å². The third-order valence-electron chi connectivity index (χ3n) is 2.48. The van der Waals surface area contributed by atoms with Crippen LogP contribution in [0.4, 0.5) is 0 Å². The van der Waals surface area contributed by atoms with E-state index in [0.717, 1.165) is 30.5 Å². The Kier molecular flexibility index (Phi) is 3.52. The van der Waals surface area contributed by atoms with Crippen molar-refractivity contribution in [2.24, 2.45) is 0 Å². The summed E-state index contributed by atoms with van der Waals surface area (Å²) in [6, 6.07) is 5.35. The smallest absolute Gasteiger partial charge is 0.247 e. The van der Waals surface area contributed by atoms with Crippen LogP contribution in [0.2, 0.25) is 10.0 Å². The van der Waals surface area contributed by atoms with Crippen molar-refractivity contribution in [1.82, 2.24) is 5.32 Å². The van der Waals surface area contributed by atoms with Crippen molar-refractivity contribution in [2.45, 2.75) is 12.8 Å². The fourth-order valence-corrected chi connectivity index (χ4v) is 1.96. The normalized spacial score (nSPS) is 18.6. The van der Waals surface area contributed by atoms with Crippen molar-refractivity contribution in [1.29, 1.82) is 0 Å². The molecular formula is C12H11Cl2NO. The molecule has 0 atom stereocenters. The van der Waals surface area contributed by atoms with Crippen LogP contribution in [0.15, 0.2) is 23.8 Å². The van der Waals surface area contributed by atoms with Crippen molar-refractivity contribution in [3.8, 4) is 0 Å². The fourth-order valence-electron chi connectivity index (χ4n) is 1.65. The molecule has 1 saturated heterocycles. The van der Waals surface area contributed by atoms with Crippen LogP contribution in [-0.4, -0.2) is 12.5 Å². The van der Waals surface area contributed by atoms with Crippen LogP contribution in [0.3, 0.4) is 0 Å². The third-order valence-corrected chi connectivity index (χ3v) is 3.22. The van der Waals surface area contributed by atoms with Gasteiger partial charge in [0.25, 0.3) is 0 Å². The zero-order valence-corrected chi connectivity index (χ0v) is 10.1. The monoisotopic (exact) mass is 255 g/mol.